The monoisotopic (exact) mass is 366 g/mol. The van der Waals surface area contributed by atoms with Gasteiger partial charge in [0.05, 0.1) is 11.4 Å². The van der Waals surface area contributed by atoms with Crippen LogP contribution in [0.25, 0.3) is 22.5 Å². The van der Waals surface area contributed by atoms with E-state index in [4.69, 9.17) is 4.98 Å². The Morgan fingerprint density at radius 2 is 1.48 bits per heavy atom. The molecule has 1 aromatic carbocycles. The summed E-state index contributed by atoms with van der Waals surface area (Å²) in [7, 11) is 0. The number of benzene rings is 1. The molecule has 0 saturated carbocycles. The standard InChI is InChI=1S/C19H20N4.2C2H6.H2/c1-2-4-14(5-3-1)17-18(15-6-10-20-11-7-15)23-19(22-17)16-8-12-21-13-9-16;2*1-2;/h1-7,10-11,16,21H,8-9,12-13H2,(H,22,23);2*1-2H3;1H. The molecule has 146 valence electrons. The summed E-state index contributed by atoms with van der Waals surface area (Å²) in [6.07, 6.45) is 5.93. The molecule has 1 aliphatic heterocycles. The summed E-state index contributed by atoms with van der Waals surface area (Å²) in [4.78, 5) is 12.7. The SMILES string of the molecule is CC.CC.[HH].c1ccc(-c2nc(C3CCNCC3)[nH]c2-c2ccncc2)cc1. The zero-order chi connectivity index (χ0) is 19.5. The van der Waals surface area contributed by atoms with Crippen molar-refractivity contribution in [2.75, 3.05) is 13.1 Å². The zero-order valence-electron chi connectivity index (χ0n) is 17.0. The van der Waals surface area contributed by atoms with E-state index in [-0.39, 0.29) is 1.43 Å². The predicted molar refractivity (Wildman–Crippen MR) is 117 cm³/mol. The molecule has 0 unspecified atom stereocenters. The number of pyridine rings is 1. The topological polar surface area (TPSA) is 53.6 Å². The molecule has 27 heavy (non-hydrogen) atoms. The lowest BCUT2D eigenvalue weighted by molar-refractivity contribution is 0.447. The van der Waals surface area contributed by atoms with Gasteiger partial charge in [0, 0.05) is 30.9 Å². The van der Waals surface area contributed by atoms with Gasteiger partial charge in [0.15, 0.2) is 0 Å². The van der Waals surface area contributed by atoms with Gasteiger partial charge < -0.3 is 10.3 Å². The van der Waals surface area contributed by atoms with Crippen LogP contribution in [0, 0.1) is 0 Å². The lowest BCUT2D eigenvalue weighted by atomic mass is 9.98. The number of hydrogen-bond acceptors (Lipinski definition) is 3. The Balaban J connectivity index is 0.000000739. The van der Waals surface area contributed by atoms with Crippen LogP contribution in [0.2, 0.25) is 0 Å². The number of aromatic nitrogens is 3. The Morgan fingerprint density at radius 1 is 0.852 bits per heavy atom. The summed E-state index contributed by atoms with van der Waals surface area (Å²) in [6.45, 7) is 10.1. The molecule has 2 aromatic heterocycles. The predicted octanol–water partition coefficient (Wildman–Crippen LogP) is 5.90. The van der Waals surface area contributed by atoms with Crippen LogP contribution in [0.15, 0.2) is 54.9 Å². The molecule has 0 aliphatic carbocycles. The zero-order valence-corrected chi connectivity index (χ0v) is 17.0. The Morgan fingerprint density at radius 3 is 2.11 bits per heavy atom. The molecule has 4 heteroatoms. The molecule has 1 fully saturated rings. The number of imidazole rings is 1. The molecule has 0 atom stereocenters. The maximum atomic E-state index is 4.98. The maximum Gasteiger partial charge on any atom is 0.110 e. The summed E-state index contributed by atoms with van der Waals surface area (Å²) < 4.78 is 0. The minimum atomic E-state index is 0. The molecule has 3 heterocycles. The number of nitrogens with zero attached hydrogens (tertiary/aromatic N) is 2. The molecule has 0 spiro atoms. The van der Waals surface area contributed by atoms with E-state index in [1.54, 1.807) is 0 Å². The fraction of sp³-hybridized carbons (Fsp3) is 0.391. The van der Waals surface area contributed by atoms with Crippen molar-refractivity contribution in [2.24, 2.45) is 0 Å². The van der Waals surface area contributed by atoms with Gasteiger partial charge in [-0.15, -0.1) is 0 Å². The second kappa shape index (κ2) is 11.3. The third-order valence-corrected chi connectivity index (χ3v) is 4.46. The van der Waals surface area contributed by atoms with E-state index < -0.39 is 0 Å². The molecule has 4 nitrogen and oxygen atoms in total. The minimum Gasteiger partial charge on any atom is -0.341 e. The average Bonchev–Trinajstić information content (AvgIpc) is 3.24. The normalized spacial score (nSPS) is 13.8. The Bertz CT molecular complexity index is 709. The lowest BCUT2D eigenvalue weighted by Gasteiger charge is -2.20. The highest BCUT2D eigenvalue weighted by atomic mass is 15.0. The summed E-state index contributed by atoms with van der Waals surface area (Å²) in [6, 6.07) is 14.5. The minimum absolute atomic E-state index is 0. The summed E-state index contributed by atoms with van der Waals surface area (Å²) in [5.41, 5.74) is 4.40. The fourth-order valence-electron chi connectivity index (χ4n) is 3.21. The molecular formula is C23H34N4. The van der Waals surface area contributed by atoms with Gasteiger partial charge in [-0.1, -0.05) is 58.0 Å². The van der Waals surface area contributed by atoms with Crippen LogP contribution in [-0.2, 0) is 0 Å². The highest BCUT2D eigenvalue weighted by Crippen LogP contribution is 2.33. The van der Waals surface area contributed by atoms with Gasteiger partial charge in [-0.25, -0.2) is 4.98 Å². The summed E-state index contributed by atoms with van der Waals surface area (Å²) >= 11 is 0. The highest BCUT2D eigenvalue weighted by molar-refractivity contribution is 5.78. The molecule has 4 rings (SSSR count). The Kier molecular flexibility index (Phi) is 8.72. The van der Waals surface area contributed by atoms with Crippen molar-refractivity contribution in [2.45, 2.75) is 46.5 Å². The van der Waals surface area contributed by atoms with Crippen LogP contribution < -0.4 is 5.32 Å². The van der Waals surface area contributed by atoms with Crippen molar-refractivity contribution < 1.29 is 1.43 Å². The summed E-state index contributed by atoms with van der Waals surface area (Å²) in [5, 5.41) is 3.42. The molecule has 3 aromatic rings. The van der Waals surface area contributed by atoms with Gasteiger partial charge >= 0.3 is 0 Å². The molecule has 0 amide bonds. The first kappa shape index (κ1) is 20.8. The molecule has 2 N–H and O–H groups in total. The smallest absolute Gasteiger partial charge is 0.110 e. The largest absolute Gasteiger partial charge is 0.341 e. The fourth-order valence-corrected chi connectivity index (χ4v) is 3.21. The number of rotatable bonds is 3. The van der Waals surface area contributed by atoms with E-state index in [1.165, 1.54) is 0 Å². The van der Waals surface area contributed by atoms with Crippen LogP contribution in [0.5, 0.6) is 0 Å². The highest BCUT2D eigenvalue weighted by Gasteiger charge is 2.21. The first-order chi connectivity index (χ1) is 13.4. The quantitative estimate of drug-likeness (QED) is 0.606. The van der Waals surface area contributed by atoms with E-state index in [9.17, 15) is 0 Å². The van der Waals surface area contributed by atoms with Gasteiger partial charge in [0.1, 0.15) is 5.82 Å². The van der Waals surface area contributed by atoms with Crippen LogP contribution in [0.1, 0.15) is 53.7 Å². The van der Waals surface area contributed by atoms with Gasteiger partial charge in [-0.2, -0.15) is 0 Å². The first-order valence-electron chi connectivity index (χ1n) is 10.2. The van der Waals surface area contributed by atoms with Crippen molar-refractivity contribution in [3.05, 3.63) is 60.7 Å². The number of piperidine rings is 1. The summed E-state index contributed by atoms with van der Waals surface area (Å²) in [5.74, 6) is 1.62. The van der Waals surface area contributed by atoms with Gasteiger partial charge in [0.2, 0.25) is 0 Å². The van der Waals surface area contributed by atoms with E-state index in [0.717, 1.165) is 54.3 Å². The number of H-pyrrole nitrogens is 1. The third kappa shape index (κ3) is 5.27. The maximum absolute atomic E-state index is 4.98. The van der Waals surface area contributed by atoms with E-state index in [1.807, 2.05) is 58.3 Å². The van der Waals surface area contributed by atoms with Crippen LogP contribution >= 0.6 is 0 Å². The number of hydrogen-bond donors (Lipinski definition) is 2. The van der Waals surface area contributed by atoms with Gasteiger partial charge in [-0.3, -0.25) is 4.98 Å². The molecular weight excluding hydrogens is 332 g/mol. The molecule has 1 aliphatic rings. The van der Waals surface area contributed by atoms with Crippen molar-refractivity contribution in [3.8, 4) is 22.5 Å². The molecule has 0 bridgehead atoms. The van der Waals surface area contributed by atoms with Crippen molar-refractivity contribution >= 4 is 0 Å². The van der Waals surface area contributed by atoms with E-state index in [0.29, 0.717) is 5.92 Å². The number of nitrogens with one attached hydrogen (secondary N) is 2. The molecule has 1 saturated heterocycles. The Hall–Kier alpha value is -2.46. The van der Waals surface area contributed by atoms with Crippen molar-refractivity contribution in [1.29, 1.82) is 0 Å². The van der Waals surface area contributed by atoms with Gasteiger partial charge in [-0.05, 0) is 38.1 Å². The second-order valence-electron chi connectivity index (χ2n) is 5.97. The third-order valence-electron chi connectivity index (χ3n) is 4.46. The van der Waals surface area contributed by atoms with Gasteiger partial charge in [0.25, 0.3) is 0 Å². The lowest BCUT2D eigenvalue weighted by Crippen LogP contribution is -2.27. The number of aromatic amines is 1. The first-order valence-corrected chi connectivity index (χ1v) is 10.2. The van der Waals surface area contributed by atoms with Crippen LogP contribution in [-0.4, -0.2) is 28.0 Å². The van der Waals surface area contributed by atoms with E-state index in [2.05, 4.69) is 39.6 Å². The van der Waals surface area contributed by atoms with Crippen molar-refractivity contribution in [1.82, 2.24) is 20.3 Å². The van der Waals surface area contributed by atoms with E-state index >= 15 is 0 Å². The Labute approximate surface area is 165 Å². The van der Waals surface area contributed by atoms with Crippen molar-refractivity contribution in [3.63, 3.8) is 0 Å². The second-order valence-corrected chi connectivity index (χ2v) is 5.97. The van der Waals surface area contributed by atoms with Crippen LogP contribution in [0.4, 0.5) is 0 Å². The average molecular weight is 367 g/mol. The van der Waals surface area contributed by atoms with Crippen LogP contribution in [0.3, 0.4) is 0 Å². The molecule has 0 radical (unpaired) electrons.